The molecule has 4 N–H and O–H groups in total. The molecule has 0 saturated carbocycles. The van der Waals surface area contributed by atoms with E-state index in [1.54, 1.807) is 30.3 Å². The molecule has 0 radical (unpaired) electrons. The Morgan fingerprint density at radius 1 is 0.778 bits per heavy atom. The Kier molecular flexibility index (Phi) is 18.0. The van der Waals surface area contributed by atoms with Crippen molar-refractivity contribution in [3.63, 3.8) is 0 Å². The summed E-state index contributed by atoms with van der Waals surface area (Å²) in [7, 11) is -2.68. The molecule has 0 heterocycles. The van der Waals surface area contributed by atoms with Crippen LogP contribution in [0, 0.1) is 10.1 Å². The number of aliphatic carboxylic acids is 1. The summed E-state index contributed by atoms with van der Waals surface area (Å²) in [6, 6.07) is 14.7. The number of carboxylic acid groups (broad SMARTS) is 2. The normalized spacial score (nSPS) is 14.3. The maximum Gasteiger partial charge on any atom is 1.00 e. The molecule has 0 aromatic heterocycles. The molecule has 4 aromatic rings. The van der Waals surface area contributed by atoms with Gasteiger partial charge >= 0.3 is 88.7 Å². The number of rotatable bonds is 13. The number of nitrogens with one attached hydrogen (secondary N) is 2. The Hall–Kier alpha value is -5.37. The number of hydrogen-bond acceptors (Lipinski definition) is 20. The van der Waals surface area contributed by atoms with Gasteiger partial charge in [0.2, 0.25) is 5.78 Å². The van der Waals surface area contributed by atoms with E-state index in [-0.39, 0.29) is 128 Å². The third-order valence-corrected chi connectivity index (χ3v) is 9.52. The molecule has 21 nitrogen and oxygen atoms in total. The summed E-state index contributed by atoms with van der Waals surface area (Å²) in [5.41, 5.74) is 9.27. The SMILES string of the molecule is COc1cc(-c2ccc(N/N=C3\C=CC(=O)C(C(=O)[O-])=C3)c(OC)c2)ccc1N/N=C1/C(=O)c2ccc(N)c(N=Nc3ccc([N+](=O)[O-])cc3C(=O)[O-])c2C=C1S(=O)(=O)[O-].[Na+].[Na+].[Na+]. The van der Waals surface area contributed by atoms with E-state index >= 15 is 0 Å². The van der Waals surface area contributed by atoms with Crippen molar-refractivity contribution >= 4 is 85.2 Å². The van der Waals surface area contributed by atoms with Gasteiger partial charge in [-0.3, -0.25) is 30.6 Å². The number of anilines is 3. The maximum atomic E-state index is 13.8. The van der Waals surface area contributed by atoms with Gasteiger partial charge in [-0.25, -0.2) is 8.42 Å². The number of methoxy groups -OCH3 is 2. The first-order valence-electron chi connectivity index (χ1n) is 16.8. The van der Waals surface area contributed by atoms with Crippen molar-refractivity contribution in [1.29, 1.82) is 0 Å². The summed E-state index contributed by atoms with van der Waals surface area (Å²) >= 11 is 0. The van der Waals surface area contributed by atoms with Crippen LogP contribution in [-0.2, 0) is 19.7 Å². The largest absolute Gasteiger partial charge is 1.00 e. The molecule has 25 heteroatoms. The van der Waals surface area contributed by atoms with Crippen LogP contribution in [0.1, 0.15) is 26.3 Å². The Morgan fingerprint density at radius 3 is 1.92 bits per heavy atom. The number of carbonyl (C=O) groups excluding carboxylic acids is 4. The second-order valence-corrected chi connectivity index (χ2v) is 13.6. The summed E-state index contributed by atoms with van der Waals surface area (Å²) in [6.45, 7) is 0. The van der Waals surface area contributed by atoms with Crippen LogP contribution in [0.15, 0.2) is 116 Å². The van der Waals surface area contributed by atoms with Crippen LogP contribution in [0.2, 0.25) is 0 Å². The number of Topliss-reactive ketones (excluding diaryl/α,β-unsaturated/α-hetero) is 1. The molecular formula is C38H25N8Na3O13S. The van der Waals surface area contributed by atoms with Gasteiger partial charge in [-0.2, -0.15) is 10.2 Å². The number of nitro groups is 1. The number of nitrogens with zero attached hydrogens (tertiary/aromatic N) is 5. The molecule has 0 aliphatic heterocycles. The number of nitrogen functional groups attached to an aromatic ring is 1. The van der Waals surface area contributed by atoms with Crippen LogP contribution in [0.3, 0.4) is 0 Å². The van der Waals surface area contributed by atoms with E-state index in [1.165, 1.54) is 38.5 Å². The number of benzene rings is 4. The van der Waals surface area contributed by atoms with Crippen molar-refractivity contribution in [2.75, 3.05) is 30.8 Å². The number of non-ortho nitro benzene ring substituents is 1. The van der Waals surface area contributed by atoms with E-state index in [1.807, 2.05) is 0 Å². The summed E-state index contributed by atoms with van der Waals surface area (Å²) < 4.78 is 48.6. The van der Waals surface area contributed by atoms with Crippen molar-refractivity contribution in [2.24, 2.45) is 20.4 Å². The Labute approximate surface area is 422 Å². The van der Waals surface area contributed by atoms with Crippen molar-refractivity contribution in [3.05, 3.63) is 122 Å². The molecule has 0 atom stereocenters. The number of nitrogens with two attached hydrogens (primary N) is 1. The predicted molar refractivity (Wildman–Crippen MR) is 209 cm³/mol. The van der Waals surface area contributed by atoms with E-state index in [2.05, 4.69) is 31.3 Å². The minimum Gasteiger partial charge on any atom is -0.744 e. The summed E-state index contributed by atoms with van der Waals surface area (Å²) in [5.74, 6) is -4.74. The fraction of sp³-hybridized carbons (Fsp3) is 0.0526. The van der Waals surface area contributed by atoms with Crippen LogP contribution in [0.4, 0.5) is 34.1 Å². The molecule has 0 bridgehead atoms. The van der Waals surface area contributed by atoms with Gasteiger partial charge in [0.1, 0.15) is 33.0 Å². The standard InChI is InChI=1S/C38H28N8O13S.3Na/c1-58-31-13-18(3-9-28(31)42-40-20-5-12-30(47)25(15-20)38(51)52)19-4-10-29(32(14-19)59-2)43-45-35-33(60(55,56)57)17-23-22(36(35)48)7-8-26(39)34(23)44-41-27-11-6-21(46(53)54)16-24(27)37(49)50;;;/h3-17,42-43H,39H2,1-2H3,(H,49,50)(H,51,52)(H,55,56,57);;;/q;3*+1/p-3/b40-20+,44-41?,45-35+;;;. The number of hydrazone groups is 2. The molecule has 2 aliphatic rings. The summed E-state index contributed by atoms with van der Waals surface area (Å²) in [5, 5.41) is 49.8. The van der Waals surface area contributed by atoms with E-state index in [0.29, 0.717) is 28.6 Å². The van der Waals surface area contributed by atoms with Gasteiger partial charge in [-0.05, 0) is 77.9 Å². The molecule has 4 aromatic carbocycles. The van der Waals surface area contributed by atoms with Crippen LogP contribution >= 0.6 is 0 Å². The van der Waals surface area contributed by atoms with Gasteiger partial charge in [0.05, 0.1) is 64.4 Å². The van der Waals surface area contributed by atoms with E-state index in [4.69, 9.17) is 15.2 Å². The Balaban J connectivity index is 0.00000352. The van der Waals surface area contributed by atoms with Gasteiger partial charge in [-0.1, -0.05) is 12.1 Å². The first-order valence-corrected chi connectivity index (χ1v) is 18.2. The van der Waals surface area contributed by atoms with Gasteiger partial charge in [0, 0.05) is 34.4 Å². The van der Waals surface area contributed by atoms with Crippen LogP contribution in [0.5, 0.6) is 11.5 Å². The minimum atomic E-state index is -5.42. The van der Waals surface area contributed by atoms with Crippen LogP contribution < -0.4 is 125 Å². The fourth-order valence-corrected chi connectivity index (χ4v) is 6.36. The van der Waals surface area contributed by atoms with E-state index in [9.17, 15) is 52.5 Å². The van der Waals surface area contributed by atoms with Crippen molar-refractivity contribution in [2.45, 2.75) is 0 Å². The first-order chi connectivity index (χ1) is 28.5. The number of nitro benzene ring substituents is 1. The van der Waals surface area contributed by atoms with Gasteiger partial charge in [0.15, 0.2) is 5.78 Å². The number of aromatic carboxylic acids is 1. The zero-order chi connectivity index (χ0) is 43.5. The number of azo groups is 1. The average molecular weight is 903 g/mol. The third-order valence-electron chi connectivity index (χ3n) is 8.67. The van der Waals surface area contributed by atoms with Crippen LogP contribution in [0.25, 0.3) is 17.2 Å². The van der Waals surface area contributed by atoms with Crippen molar-refractivity contribution < 1.29 is 145 Å². The van der Waals surface area contributed by atoms with Crippen molar-refractivity contribution in [3.8, 4) is 22.6 Å². The molecule has 0 saturated heterocycles. The number of ketones is 2. The van der Waals surface area contributed by atoms with Crippen molar-refractivity contribution in [1.82, 2.24) is 0 Å². The predicted octanol–water partition coefficient (Wildman–Crippen LogP) is -6.21. The van der Waals surface area contributed by atoms with Gasteiger partial charge < -0.3 is 39.6 Å². The molecule has 304 valence electrons. The minimum absolute atomic E-state index is 0. The number of allylic oxidation sites excluding steroid dienone is 4. The molecular weight excluding hydrogens is 877 g/mol. The average Bonchev–Trinajstić information content (AvgIpc) is 3.21. The zero-order valence-electron chi connectivity index (χ0n) is 33.7. The Bertz CT molecular complexity index is 2880. The number of fused-ring (bicyclic) bond motifs is 1. The monoisotopic (exact) mass is 902 g/mol. The smallest absolute Gasteiger partial charge is 0.744 e. The number of carboxylic acids is 2. The van der Waals surface area contributed by atoms with E-state index < -0.39 is 71.7 Å². The molecule has 0 fully saturated rings. The van der Waals surface area contributed by atoms with Gasteiger partial charge in [-0.15, -0.1) is 10.2 Å². The zero-order valence-corrected chi connectivity index (χ0v) is 40.5. The molecule has 2 aliphatic carbocycles. The molecule has 0 unspecified atom stereocenters. The second-order valence-electron chi connectivity index (χ2n) is 12.3. The third kappa shape index (κ3) is 11.6. The Morgan fingerprint density at radius 2 is 1.38 bits per heavy atom. The second kappa shape index (κ2) is 21.8. The number of hydrogen-bond donors (Lipinski definition) is 3. The number of carbonyl (C=O) groups is 4. The summed E-state index contributed by atoms with van der Waals surface area (Å²) in [4.78, 5) is 57.6. The summed E-state index contributed by atoms with van der Waals surface area (Å²) in [6.07, 6.45) is 4.24. The van der Waals surface area contributed by atoms with Crippen LogP contribution in [-0.4, -0.2) is 67.0 Å². The maximum absolute atomic E-state index is 13.8. The molecule has 6 rings (SSSR count). The topological polar surface area (TPSA) is 333 Å². The van der Waals surface area contributed by atoms with Gasteiger partial charge in [0.25, 0.3) is 5.69 Å². The van der Waals surface area contributed by atoms with E-state index in [0.717, 1.165) is 30.4 Å². The fourth-order valence-electron chi connectivity index (χ4n) is 5.72. The number of ether oxygens (including phenoxy) is 2. The molecule has 0 amide bonds. The quantitative estimate of drug-likeness (QED) is 0.0164. The molecule has 0 spiro atoms. The first kappa shape index (κ1) is 52.0. The molecule has 63 heavy (non-hydrogen) atoms.